The van der Waals surface area contributed by atoms with E-state index in [9.17, 15) is 14.0 Å². The maximum Gasteiger partial charge on any atom is 0.277 e. The van der Waals surface area contributed by atoms with Crippen LogP contribution < -0.4 is 21.9 Å². The molecule has 9 nitrogen and oxygen atoms in total. The SMILES string of the molecule is Nc1nccc2[nH]c(CNC(=O)Cn3cnc4c(c3=O)N[C@H](c3ccc(F)cc3)CC4)cc12. The van der Waals surface area contributed by atoms with Crippen molar-refractivity contribution >= 4 is 28.3 Å². The molecule has 0 fully saturated rings. The van der Waals surface area contributed by atoms with Crippen LogP contribution in [0.5, 0.6) is 0 Å². The van der Waals surface area contributed by atoms with Crippen LogP contribution in [-0.4, -0.2) is 25.4 Å². The van der Waals surface area contributed by atoms with Gasteiger partial charge in [-0.05, 0) is 42.7 Å². The molecule has 0 aliphatic carbocycles. The quantitative estimate of drug-likeness (QED) is 0.371. The molecule has 0 radical (unpaired) electrons. The minimum absolute atomic E-state index is 0.124. The minimum atomic E-state index is -0.325. The number of fused-ring (bicyclic) bond motifs is 2. The Morgan fingerprint density at radius 1 is 1.24 bits per heavy atom. The highest BCUT2D eigenvalue weighted by Crippen LogP contribution is 2.29. The van der Waals surface area contributed by atoms with E-state index < -0.39 is 0 Å². The smallest absolute Gasteiger partial charge is 0.277 e. The number of hydrogen-bond acceptors (Lipinski definition) is 6. The van der Waals surface area contributed by atoms with Gasteiger partial charge in [0.15, 0.2) is 0 Å². The molecule has 1 aliphatic heterocycles. The summed E-state index contributed by atoms with van der Waals surface area (Å²) in [5.41, 5.74) is 9.10. The van der Waals surface area contributed by atoms with Crippen molar-refractivity contribution in [2.45, 2.75) is 32.0 Å². The molecule has 0 unspecified atom stereocenters. The Morgan fingerprint density at radius 2 is 2.06 bits per heavy atom. The third kappa shape index (κ3) is 4.14. The first kappa shape index (κ1) is 20.7. The molecule has 4 aromatic rings. The lowest BCUT2D eigenvalue weighted by Crippen LogP contribution is -2.35. The number of halogens is 1. The molecule has 5 rings (SSSR count). The molecule has 0 spiro atoms. The number of hydrogen-bond donors (Lipinski definition) is 4. The van der Waals surface area contributed by atoms with Gasteiger partial charge in [0.05, 0.1) is 30.1 Å². The molecule has 3 aromatic heterocycles. The Bertz CT molecular complexity index is 1390. The van der Waals surface area contributed by atoms with Gasteiger partial charge in [0.2, 0.25) is 5.91 Å². The summed E-state index contributed by atoms with van der Waals surface area (Å²) in [7, 11) is 0. The number of aromatic amines is 1. The van der Waals surface area contributed by atoms with E-state index in [2.05, 4.69) is 25.6 Å². The molecule has 1 aromatic carbocycles. The topological polar surface area (TPSA) is 131 Å². The molecule has 168 valence electrons. The molecule has 4 heterocycles. The Kier molecular flexibility index (Phi) is 5.25. The second kappa shape index (κ2) is 8.38. The van der Waals surface area contributed by atoms with Gasteiger partial charge in [0, 0.05) is 17.3 Å². The third-order valence-corrected chi connectivity index (χ3v) is 5.80. The summed E-state index contributed by atoms with van der Waals surface area (Å²) in [4.78, 5) is 37.1. The average molecular weight is 447 g/mol. The van der Waals surface area contributed by atoms with Gasteiger partial charge < -0.3 is 21.4 Å². The molecule has 5 N–H and O–H groups in total. The van der Waals surface area contributed by atoms with Gasteiger partial charge in [-0.15, -0.1) is 0 Å². The lowest BCUT2D eigenvalue weighted by molar-refractivity contribution is -0.121. The van der Waals surface area contributed by atoms with E-state index in [0.717, 1.165) is 28.6 Å². The molecule has 1 aliphatic rings. The fraction of sp³-hybridized carbons (Fsp3) is 0.217. The summed E-state index contributed by atoms with van der Waals surface area (Å²) < 4.78 is 14.5. The van der Waals surface area contributed by atoms with Crippen molar-refractivity contribution in [1.29, 1.82) is 0 Å². The van der Waals surface area contributed by atoms with Crippen molar-refractivity contribution in [3.63, 3.8) is 0 Å². The number of carbonyl (C=O) groups is 1. The molecular weight excluding hydrogens is 425 g/mol. The second-order valence-corrected chi connectivity index (χ2v) is 8.02. The minimum Gasteiger partial charge on any atom is -0.383 e. The van der Waals surface area contributed by atoms with Crippen LogP contribution in [0.3, 0.4) is 0 Å². The monoisotopic (exact) mass is 447 g/mol. The lowest BCUT2D eigenvalue weighted by atomic mass is 9.96. The molecule has 10 heteroatoms. The largest absolute Gasteiger partial charge is 0.383 e. The average Bonchev–Trinajstić information content (AvgIpc) is 3.25. The van der Waals surface area contributed by atoms with E-state index in [0.29, 0.717) is 23.6 Å². The van der Waals surface area contributed by atoms with Crippen LogP contribution in [0.4, 0.5) is 15.9 Å². The number of H-pyrrole nitrogens is 1. The van der Waals surface area contributed by atoms with Crippen molar-refractivity contribution in [2.75, 3.05) is 11.1 Å². The molecule has 0 saturated heterocycles. The van der Waals surface area contributed by atoms with Gasteiger partial charge in [0.1, 0.15) is 23.9 Å². The number of nitrogens with one attached hydrogen (secondary N) is 3. The molecule has 1 amide bonds. The zero-order valence-corrected chi connectivity index (χ0v) is 17.6. The molecule has 0 saturated carbocycles. The highest BCUT2D eigenvalue weighted by atomic mass is 19.1. The number of aryl methyl sites for hydroxylation is 1. The van der Waals surface area contributed by atoms with Crippen molar-refractivity contribution in [3.8, 4) is 0 Å². The fourth-order valence-corrected chi connectivity index (χ4v) is 4.08. The summed E-state index contributed by atoms with van der Waals surface area (Å²) in [6.45, 7) is 0.0941. The van der Waals surface area contributed by atoms with E-state index in [4.69, 9.17) is 5.73 Å². The second-order valence-electron chi connectivity index (χ2n) is 8.02. The summed E-state index contributed by atoms with van der Waals surface area (Å²) in [5.74, 6) is -0.216. The lowest BCUT2D eigenvalue weighted by Gasteiger charge is -2.26. The van der Waals surface area contributed by atoms with E-state index in [-0.39, 0.29) is 36.4 Å². The number of nitrogens with two attached hydrogens (primary N) is 1. The summed E-state index contributed by atoms with van der Waals surface area (Å²) in [6, 6.07) is 9.72. The number of nitrogens with zero attached hydrogens (tertiary/aromatic N) is 3. The number of nitrogen functional groups attached to an aromatic ring is 1. The molecular formula is C23H22FN7O2. The van der Waals surface area contributed by atoms with Gasteiger partial charge in [0.25, 0.3) is 5.56 Å². The van der Waals surface area contributed by atoms with Gasteiger partial charge >= 0.3 is 0 Å². The first-order valence-electron chi connectivity index (χ1n) is 10.6. The first-order chi connectivity index (χ1) is 16.0. The number of benzene rings is 1. The normalized spacial score (nSPS) is 15.1. The first-order valence-corrected chi connectivity index (χ1v) is 10.6. The van der Waals surface area contributed by atoms with Crippen LogP contribution in [0.15, 0.2) is 53.7 Å². The standard InChI is InChI=1S/C23H22FN7O2/c24-14-3-1-13(2-4-14)17-5-6-19-21(30-17)23(33)31(12-28-19)11-20(32)27-10-15-9-16-18(29-15)7-8-26-22(16)25/h1-4,7-9,12,17,29-30H,5-6,10-11H2,(H2,25,26)(H,27,32)/t17-/m0/s1. The number of amides is 1. The van der Waals surface area contributed by atoms with Crippen molar-refractivity contribution in [2.24, 2.45) is 0 Å². The maximum atomic E-state index is 13.2. The van der Waals surface area contributed by atoms with Crippen LogP contribution in [0.1, 0.15) is 29.4 Å². The van der Waals surface area contributed by atoms with E-state index in [1.807, 2.05) is 12.1 Å². The molecule has 0 bridgehead atoms. The zero-order valence-electron chi connectivity index (χ0n) is 17.6. The molecule has 1 atom stereocenters. The van der Waals surface area contributed by atoms with Crippen molar-refractivity contribution in [3.05, 3.63) is 82.0 Å². The highest BCUT2D eigenvalue weighted by Gasteiger charge is 2.24. The Labute approximate surface area is 187 Å². The maximum absolute atomic E-state index is 13.2. The van der Waals surface area contributed by atoms with E-state index in [1.165, 1.54) is 23.0 Å². The van der Waals surface area contributed by atoms with Gasteiger partial charge in [-0.2, -0.15) is 0 Å². The zero-order chi connectivity index (χ0) is 22.9. The van der Waals surface area contributed by atoms with Crippen LogP contribution in [0, 0.1) is 5.82 Å². The van der Waals surface area contributed by atoms with Gasteiger partial charge in [-0.25, -0.2) is 14.4 Å². The van der Waals surface area contributed by atoms with Gasteiger partial charge in [-0.3, -0.25) is 14.2 Å². The highest BCUT2D eigenvalue weighted by molar-refractivity contribution is 5.89. The number of anilines is 2. The van der Waals surface area contributed by atoms with Crippen LogP contribution in [0.25, 0.3) is 10.9 Å². The predicted octanol–water partition coefficient (Wildman–Crippen LogP) is 2.26. The van der Waals surface area contributed by atoms with Gasteiger partial charge in [-0.1, -0.05) is 12.1 Å². The summed E-state index contributed by atoms with van der Waals surface area (Å²) in [5, 5.41) is 6.81. The number of aromatic nitrogens is 4. The summed E-state index contributed by atoms with van der Waals surface area (Å²) >= 11 is 0. The van der Waals surface area contributed by atoms with Crippen LogP contribution in [-0.2, 0) is 24.3 Å². The number of carbonyl (C=O) groups excluding carboxylic acids is 1. The van der Waals surface area contributed by atoms with Crippen LogP contribution >= 0.6 is 0 Å². The fourth-order valence-electron chi connectivity index (χ4n) is 4.08. The molecule has 33 heavy (non-hydrogen) atoms. The predicted molar refractivity (Wildman–Crippen MR) is 122 cm³/mol. The Morgan fingerprint density at radius 3 is 2.85 bits per heavy atom. The van der Waals surface area contributed by atoms with Crippen molar-refractivity contribution < 1.29 is 9.18 Å². The van der Waals surface area contributed by atoms with Crippen LogP contribution in [0.2, 0.25) is 0 Å². The third-order valence-electron chi connectivity index (χ3n) is 5.80. The van der Waals surface area contributed by atoms with Crippen molar-refractivity contribution in [1.82, 2.24) is 24.8 Å². The number of pyridine rings is 1. The summed E-state index contributed by atoms with van der Waals surface area (Å²) in [6.07, 6.45) is 4.36. The Balaban J connectivity index is 1.27. The number of rotatable bonds is 5. The Hall–Kier alpha value is -4.21. The van der Waals surface area contributed by atoms with E-state index in [1.54, 1.807) is 18.3 Å². The van der Waals surface area contributed by atoms with E-state index >= 15 is 0 Å².